The first-order valence-electron chi connectivity index (χ1n) is 24.3. The van der Waals surface area contributed by atoms with Gasteiger partial charge in [0.1, 0.15) is 5.78 Å². The molecule has 0 aromatic rings. The van der Waals surface area contributed by atoms with Gasteiger partial charge in [0.15, 0.2) is 0 Å². The highest BCUT2D eigenvalue weighted by Gasteiger charge is 2.03. The van der Waals surface area contributed by atoms with Crippen LogP contribution < -0.4 is 0 Å². The quantitative estimate of drug-likeness (QED) is 0.0577. The van der Waals surface area contributed by atoms with Gasteiger partial charge in [-0.15, -0.1) is 0 Å². The number of hydrogen-bond donors (Lipinski definition) is 0. The van der Waals surface area contributed by atoms with Crippen molar-refractivity contribution in [1.29, 1.82) is 0 Å². The predicted molar refractivity (Wildman–Crippen MR) is 229 cm³/mol. The van der Waals surface area contributed by atoms with Gasteiger partial charge >= 0.3 is 0 Å². The van der Waals surface area contributed by atoms with Gasteiger partial charge in [-0.05, 0) is 12.8 Å². The van der Waals surface area contributed by atoms with Gasteiger partial charge in [0.25, 0.3) is 0 Å². The molecule has 0 saturated heterocycles. The average Bonchev–Trinajstić information content (AvgIpc) is 3.12. The zero-order chi connectivity index (χ0) is 36.1. The summed E-state index contributed by atoms with van der Waals surface area (Å²) in [5.41, 5.74) is 0. The largest absolute Gasteiger partial charge is 0.300 e. The Balaban J connectivity index is 3.14. The van der Waals surface area contributed by atoms with Crippen molar-refractivity contribution in [1.82, 2.24) is 0 Å². The van der Waals surface area contributed by atoms with Crippen LogP contribution >= 0.6 is 0 Å². The molecule has 0 N–H and O–H groups in total. The first kappa shape index (κ1) is 49.7. The molecule has 0 aromatic carbocycles. The maximum atomic E-state index is 12.3. The van der Waals surface area contributed by atoms with E-state index in [9.17, 15) is 4.79 Å². The molecule has 0 atom stereocenters. The normalized spacial score (nSPS) is 11.6. The molecule has 0 radical (unpaired) electrons. The molecular weight excluding hydrogens is 605 g/mol. The molecule has 1 heteroatoms. The number of carbonyl (C=O) groups is 1. The first-order valence-corrected chi connectivity index (χ1v) is 24.3. The zero-order valence-corrected chi connectivity index (χ0v) is 35.4. The van der Waals surface area contributed by atoms with Crippen LogP contribution in [0.4, 0.5) is 0 Å². The lowest BCUT2D eigenvalue weighted by Gasteiger charge is -2.05. The Hall–Kier alpha value is -0.330. The number of carbonyl (C=O) groups excluding carboxylic acids is 1. The Labute approximate surface area is 318 Å². The second kappa shape index (κ2) is 46.7. The van der Waals surface area contributed by atoms with E-state index in [0.717, 1.165) is 25.7 Å². The van der Waals surface area contributed by atoms with Crippen molar-refractivity contribution in [2.24, 2.45) is 0 Å². The van der Waals surface area contributed by atoms with Crippen LogP contribution in [0.5, 0.6) is 0 Å². The fourth-order valence-electron chi connectivity index (χ4n) is 7.99. The topological polar surface area (TPSA) is 17.1 Å². The molecule has 50 heavy (non-hydrogen) atoms. The molecule has 0 unspecified atom stereocenters. The van der Waals surface area contributed by atoms with E-state index in [1.54, 1.807) is 0 Å². The van der Waals surface area contributed by atoms with Crippen LogP contribution in [0.3, 0.4) is 0 Å². The minimum atomic E-state index is 0.533. The molecule has 0 aliphatic carbocycles. The fourth-order valence-corrected chi connectivity index (χ4v) is 7.99. The minimum absolute atomic E-state index is 0.533. The molecular formula is C49H98O. The predicted octanol–water partition coefficient (Wildman–Crippen LogP) is 18.5. The van der Waals surface area contributed by atoms with Crippen molar-refractivity contribution < 1.29 is 4.79 Å². The first-order chi connectivity index (χ1) is 24.8. The maximum absolute atomic E-state index is 12.3. The van der Waals surface area contributed by atoms with Gasteiger partial charge in [-0.25, -0.2) is 0 Å². The van der Waals surface area contributed by atoms with Crippen molar-refractivity contribution in [2.45, 2.75) is 309 Å². The van der Waals surface area contributed by atoms with Crippen molar-refractivity contribution in [2.75, 3.05) is 0 Å². The lowest BCUT2D eigenvalue weighted by atomic mass is 10.0. The van der Waals surface area contributed by atoms with Gasteiger partial charge in [0.05, 0.1) is 0 Å². The third kappa shape index (κ3) is 45.7. The summed E-state index contributed by atoms with van der Waals surface area (Å²) >= 11 is 0. The Morgan fingerprint density at radius 1 is 0.200 bits per heavy atom. The molecule has 1 nitrogen and oxygen atoms in total. The molecule has 0 heterocycles. The van der Waals surface area contributed by atoms with Crippen LogP contribution in [0.25, 0.3) is 0 Å². The molecule has 0 aliphatic heterocycles. The Morgan fingerprint density at radius 3 is 0.460 bits per heavy atom. The van der Waals surface area contributed by atoms with E-state index < -0.39 is 0 Å². The highest BCUT2D eigenvalue weighted by molar-refractivity contribution is 5.78. The van der Waals surface area contributed by atoms with E-state index in [2.05, 4.69) is 13.8 Å². The molecule has 0 saturated carbocycles. The molecule has 0 fully saturated rings. The number of hydrogen-bond acceptors (Lipinski definition) is 1. The second-order valence-electron chi connectivity index (χ2n) is 16.9. The maximum Gasteiger partial charge on any atom is 0.132 e. The third-order valence-electron chi connectivity index (χ3n) is 11.6. The third-order valence-corrected chi connectivity index (χ3v) is 11.6. The van der Waals surface area contributed by atoms with Crippen LogP contribution in [0, 0.1) is 0 Å². The van der Waals surface area contributed by atoms with Crippen LogP contribution in [0.2, 0.25) is 0 Å². The summed E-state index contributed by atoms with van der Waals surface area (Å²) in [4.78, 5) is 12.3. The van der Waals surface area contributed by atoms with Gasteiger partial charge in [-0.3, -0.25) is 4.79 Å². The van der Waals surface area contributed by atoms with Crippen molar-refractivity contribution >= 4 is 5.78 Å². The van der Waals surface area contributed by atoms with Gasteiger partial charge in [-0.1, -0.05) is 284 Å². The highest BCUT2D eigenvalue weighted by Crippen LogP contribution is 2.18. The van der Waals surface area contributed by atoms with E-state index in [0.29, 0.717) is 5.78 Å². The summed E-state index contributed by atoms with van der Waals surface area (Å²) < 4.78 is 0. The summed E-state index contributed by atoms with van der Waals surface area (Å²) in [6, 6.07) is 0. The SMILES string of the molecule is CCCCCCCCCCCCCCCCCCCCCCCCCCCCC(=O)CCCCCCCCCCCCCCCCCCCC. The summed E-state index contributed by atoms with van der Waals surface area (Å²) in [5, 5.41) is 0. The number of Topliss-reactive ketones (excluding diaryl/α,β-unsaturated/α-hetero) is 1. The van der Waals surface area contributed by atoms with Gasteiger partial charge in [0, 0.05) is 12.8 Å². The van der Waals surface area contributed by atoms with Gasteiger partial charge in [-0.2, -0.15) is 0 Å². The molecule has 0 aliphatic rings. The van der Waals surface area contributed by atoms with Crippen LogP contribution in [0.15, 0.2) is 0 Å². The lowest BCUT2D eigenvalue weighted by molar-refractivity contribution is -0.119. The molecule has 300 valence electrons. The zero-order valence-electron chi connectivity index (χ0n) is 35.4. The van der Waals surface area contributed by atoms with Crippen molar-refractivity contribution in [3.8, 4) is 0 Å². The number of unbranched alkanes of at least 4 members (excludes halogenated alkanes) is 42. The van der Waals surface area contributed by atoms with E-state index in [4.69, 9.17) is 0 Å². The molecule has 0 rings (SSSR count). The summed E-state index contributed by atoms with van der Waals surface area (Å²) in [7, 11) is 0. The van der Waals surface area contributed by atoms with E-state index in [1.807, 2.05) is 0 Å². The molecule has 0 spiro atoms. The number of ketones is 1. The Bertz CT molecular complexity index is 596. The summed E-state index contributed by atoms with van der Waals surface area (Å²) in [5.74, 6) is 0.533. The van der Waals surface area contributed by atoms with Crippen LogP contribution in [0.1, 0.15) is 309 Å². The van der Waals surface area contributed by atoms with Crippen LogP contribution in [-0.2, 0) is 4.79 Å². The molecule has 0 amide bonds. The second-order valence-corrected chi connectivity index (χ2v) is 16.9. The Morgan fingerprint density at radius 2 is 0.320 bits per heavy atom. The van der Waals surface area contributed by atoms with E-state index >= 15 is 0 Å². The standard InChI is InChI=1S/C49H98O/c1-3-5-7-9-11-13-15-17-19-21-23-24-25-26-27-28-29-30-32-34-36-38-40-42-44-46-48-49(50)47-45-43-41-39-37-35-33-31-22-20-18-16-14-12-10-8-6-4-2/h3-48H2,1-2H3. The summed E-state index contributed by atoms with van der Waals surface area (Å²) in [6.45, 7) is 4.61. The van der Waals surface area contributed by atoms with Crippen LogP contribution in [-0.4, -0.2) is 5.78 Å². The van der Waals surface area contributed by atoms with Crippen molar-refractivity contribution in [3.63, 3.8) is 0 Å². The number of rotatable bonds is 46. The molecule has 0 bridgehead atoms. The smallest absolute Gasteiger partial charge is 0.132 e. The fraction of sp³-hybridized carbons (Fsp3) is 0.980. The molecule has 0 aromatic heterocycles. The van der Waals surface area contributed by atoms with E-state index in [1.165, 1.54) is 270 Å². The highest BCUT2D eigenvalue weighted by atomic mass is 16.1. The average molecular weight is 703 g/mol. The van der Waals surface area contributed by atoms with Gasteiger partial charge in [0.2, 0.25) is 0 Å². The lowest BCUT2D eigenvalue weighted by Crippen LogP contribution is -1.97. The minimum Gasteiger partial charge on any atom is -0.300 e. The Kier molecular flexibility index (Phi) is 46.4. The van der Waals surface area contributed by atoms with E-state index in [-0.39, 0.29) is 0 Å². The van der Waals surface area contributed by atoms with Crippen molar-refractivity contribution in [3.05, 3.63) is 0 Å². The summed E-state index contributed by atoms with van der Waals surface area (Å²) in [6.07, 6.45) is 64.3. The van der Waals surface area contributed by atoms with Gasteiger partial charge < -0.3 is 0 Å². The monoisotopic (exact) mass is 703 g/mol.